The Kier molecular flexibility index (Phi) is 5.59. The summed E-state index contributed by atoms with van der Waals surface area (Å²) in [6, 6.07) is 19.6. The molecule has 132 valence electrons. The van der Waals surface area contributed by atoms with Crippen LogP contribution in [-0.2, 0) is 6.42 Å². The summed E-state index contributed by atoms with van der Waals surface area (Å²) in [5, 5.41) is 2.59. The molecule has 0 unspecified atom stereocenters. The van der Waals surface area contributed by atoms with Crippen molar-refractivity contribution in [2.75, 3.05) is 11.9 Å². The van der Waals surface area contributed by atoms with Crippen molar-refractivity contribution in [1.82, 2.24) is 0 Å². The van der Waals surface area contributed by atoms with Gasteiger partial charge in [0.2, 0.25) is 0 Å². The summed E-state index contributed by atoms with van der Waals surface area (Å²) in [4.78, 5) is 12.1. The molecule has 3 aromatic rings. The molecule has 1 amide bonds. The van der Waals surface area contributed by atoms with Crippen molar-refractivity contribution < 1.29 is 18.3 Å². The van der Waals surface area contributed by atoms with Gasteiger partial charge in [-0.2, -0.15) is 0 Å². The average Bonchev–Trinajstić information content (AvgIpc) is 2.63. The van der Waals surface area contributed by atoms with Crippen LogP contribution in [0.1, 0.15) is 15.9 Å². The van der Waals surface area contributed by atoms with E-state index in [1.54, 1.807) is 24.3 Å². The van der Waals surface area contributed by atoms with Crippen molar-refractivity contribution in [3.8, 4) is 5.75 Å². The lowest BCUT2D eigenvalue weighted by molar-refractivity contribution is 0.102. The summed E-state index contributed by atoms with van der Waals surface area (Å²) in [5.41, 5.74) is 1.42. The van der Waals surface area contributed by atoms with Gasteiger partial charge in [-0.3, -0.25) is 4.79 Å². The molecule has 0 heterocycles. The summed E-state index contributed by atoms with van der Waals surface area (Å²) < 4.78 is 32.3. The maximum atomic E-state index is 13.7. The molecule has 0 aliphatic heterocycles. The molecule has 1 N–H and O–H groups in total. The third-order valence-electron chi connectivity index (χ3n) is 3.77. The molecule has 3 rings (SSSR count). The Bertz CT molecular complexity index is 898. The number of carbonyl (C=O) groups excluding carboxylic acids is 1. The topological polar surface area (TPSA) is 38.3 Å². The molecule has 0 aliphatic carbocycles. The van der Waals surface area contributed by atoms with Crippen LogP contribution < -0.4 is 10.1 Å². The van der Waals surface area contributed by atoms with Gasteiger partial charge in [0.05, 0.1) is 12.2 Å². The standard InChI is InChI=1S/C21H17F2NO2/c22-16-9-10-19(20(23)13-16)21(25)24-17-7-4-8-18(14-17)26-12-11-15-5-2-1-3-6-15/h1-10,13-14H,11-12H2,(H,24,25). The molecule has 0 fully saturated rings. The number of carbonyl (C=O) groups is 1. The summed E-state index contributed by atoms with van der Waals surface area (Å²) >= 11 is 0. The highest BCUT2D eigenvalue weighted by Crippen LogP contribution is 2.19. The lowest BCUT2D eigenvalue weighted by Crippen LogP contribution is -2.14. The normalized spacial score (nSPS) is 10.4. The zero-order valence-electron chi connectivity index (χ0n) is 13.9. The largest absolute Gasteiger partial charge is 0.493 e. The molecular weight excluding hydrogens is 336 g/mol. The van der Waals surface area contributed by atoms with E-state index in [1.165, 1.54) is 5.56 Å². The smallest absolute Gasteiger partial charge is 0.258 e. The van der Waals surface area contributed by atoms with Crippen LogP contribution in [0.3, 0.4) is 0 Å². The Morgan fingerprint density at radius 2 is 1.73 bits per heavy atom. The van der Waals surface area contributed by atoms with Crippen LogP contribution in [0.25, 0.3) is 0 Å². The molecule has 0 aliphatic rings. The molecule has 0 bridgehead atoms. The third kappa shape index (κ3) is 4.66. The number of amides is 1. The van der Waals surface area contributed by atoms with Crippen molar-refractivity contribution in [2.45, 2.75) is 6.42 Å². The molecule has 3 nitrogen and oxygen atoms in total. The van der Waals surface area contributed by atoms with Gasteiger partial charge < -0.3 is 10.1 Å². The van der Waals surface area contributed by atoms with E-state index < -0.39 is 17.5 Å². The Hall–Kier alpha value is -3.21. The molecule has 0 aromatic heterocycles. The minimum Gasteiger partial charge on any atom is -0.493 e. The third-order valence-corrected chi connectivity index (χ3v) is 3.77. The first-order valence-electron chi connectivity index (χ1n) is 8.15. The van der Waals surface area contributed by atoms with Gasteiger partial charge in [0, 0.05) is 24.2 Å². The van der Waals surface area contributed by atoms with E-state index >= 15 is 0 Å². The second-order valence-electron chi connectivity index (χ2n) is 5.69. The Labute approximate surface area is 150 Å². The zero-order valence-corrected chi connectivity index (χ0v) is 13.9. The van der Waals surface area contributed by atoms with Crippen LogP contribution in [0.4, 0.5) is 14.5 Å². The van der Waals surface area contributed by atoms with Crippen molar-refractivity contribution in [3.63, 3.8) is 0 Å². The second-order valence-corrected chi connectivity index (χ2v) is 5.69. The fourth-order valence-corrected chi connectivity index (χ4v) is 2.47. The lowest BCUT2D eigenvalue weighted by Gasteiger charge is -2.10. The van der Waals surface area contributed by atoms with E-state index in [0.29, 0.717) is 24.1 Å². The van der Waals surface area contributed by atoms with Crippen molar-refractivity contribution in [1.29, 1.82) is 0 Å². The minimum atomic E-state index is -0.905. The molecule has 3 aromatic carbocycles. The van der Waals surface area contributed by atoms with Crippen LogP contribution in [0, 0.1) is 11.6 Å². The van der Waals surface area contributed by atoms with Crippen molar-refractivity contribution in [3.05, 3.63) is 95.6 Å². The van der Waals surface area contributed by atoms with Gasteiger partial charge in [0.1, 0.15) is 17.4 Å². The summed E-state index contributed by atoms with van der Waals surface area (Å²) in [5.74, 6) is -1.69. The fourth-order valence-electron chi connectivity index (χ4n) is 2.47. The number of anilines is 1. The van der Waals surface area contributed by atoms with Crippen LogP contribution in [-0.4, -0.2) is 12.5 Å². The van der Waals surface area contributed by atoms with Gasteiger partial charge >= 0.3 is 0 Å². The lowest BCUT2D eigenvalue weighted by atomic mass is 10.2. The Morgan fingerprint density at radius 1 is 0.923 bits per heavy atom. The predicted molar refractivity (Wildman–Crippen MR) is 96.4 cm³/mol. The number of rotatable bonds is 6. The van der Waals surface area contributed by atoms with Crippen molar-refractivity contribution >= 4 is 11.6 Å². The summed E-state index contributed by atoms with van der Waals surface area (Å²) in [7, 11) is 0. The zero-order chi connectivity index (χ0) is 18.4. The first kappa shape index (κ1) is 17.6. The maximum absolute atomic E-state index is 13.7. The van der Waals surface area contributed by atoms with Gasteiger partial charge in [-0.15, -0.1) is 0 Å². The number of ether oxygens (including phenoxy) is 1. The minimum absolute atomic E-state index is 0.221. The monoisotopic (exact) mass is 353 g/mol. The number of hydrogen-bond acceptors (Lipinski definition) is 2. The van der Waals surface area contributed by atoms with Crippen molar-refractivity contribution in [2.24, 2.45) is 0 Å². The molecule has 0 saturated heterocycles. The number of nitrogens with one attached hydrogen (secondary N) is 1. The molecule has 0 radical (unpaired) electrons. The Morgan fingerprint density at radius 3 is 2.50 bits per heavy atom. The second kappa shape index (κ2) is 8.25. The van der Waals surface area contributed by atoms with Gasteiger partial charge in [0.25, 0.3) is 5.91 Å². The first-order valence-corrected chi connectivity index (χ1v) is 8.15. The quantitative estimate of drug-likeness (QED) is 0.689. The fraction of sp³-hybridized carbons (Fsp3) is 0.0952. The highest BCUT2D eigenvalue weighted by Gasteiger charge is 2.13. The maximum Gasteiger partial charge on any atom is 0.258 e. The molecule has 0 saturated carbocycles. The summed E-state index contributed by atoms with van der Waals surface area (Å²) in [6.07, 6.45) is 0.762. The summed E-state index contributed by atoms with van der Waals surface area (Å²) in [6.45, 7) is 0.494. The Balaban J connectivity index is 1.61. The first-order chi connectivity index (χ1) is 12.6. The highest BCUT2D eigenvalue weighted by molar-refractivity contribution is 6.04. The molecule has 0 atom stereocenters. The average molecular weight is 353 g/mol. The molecule has 0 spiro atoms. The van der Waals surface area contributed by atoms with Gasteiger partial charge in [-0.25, -0.2) is 8.78 Å². The van der Waals surface area contributed by atoms with E-state index in [0.717, 1.165) is 18.6 Å². The van der Waals surface area contributed by atoms with E-state index in [4.69, 9.17) is 4.74 Å². The van der Waals surface area contributed by atoms with Crippen LogP contribution >= 0.6 is 0 Å². The van der Waals surface area contributed by atoms with E-state index in [-0.39, 0.29) is 5.56 Å². The predicted octanol–water partition coefficient (Wildman–Crippen LogP) is 4.84. The van der Waals surface area contributed by atoms with Gasteiger partial charge in [0.15, 0.2) is 0 Å². The van der Waals surface area contributed by atoms with E-state index in [9.17, 15) is 13.6 Å². The molecule has 5 heteroatoms. The SMILES string of the molecule is O=C(Nc1cccc(OCCc2ccccc2)c1)c1ccc(F)cc1F. The van der Waals surface area contributed by atoms with E-state index in [1.807, 2.05) is 30.3 Å². The van der Waals surface area contributed by atoms with Crippen LogP contribution in [0.5, 0.6) is 5.75 Å². The van der Waals surface area contributed by atoms with Gasteiger partial charge in [-0.1, -0.05) is 36.4 Å². The molecular formula is C21H17F2NO2. The van der Waals surface area contributed by atoms with Crippen LogP contribution in [0.2, 0.25) is 0 Å². The number of benzene rings is 3. The number of hydrogen-bond donors (Lipinski definition) is 1. The number of halogens is 2. The van der Waals surface area contributed by atoms with E-state index in [2.05, 4.69) is 5.32 Å². The molecule has 26 heavy (non-hydrogen) atoms. The van der Waals surface area contributed by atoms with Gasteiger partial charge in [-0.05, 0) is 29.8 Å². The van der Waals surface area contributed by atoms with Crippen LogP contribution in [0.15, 0.2) is 72.8 Å². The highest BCUT2D eigenvalue weighted by atomic mass is 19.1.